The van der Waals surface area contributed by atoms with Crippen LogP contribution >= 0.6 is 0 Å². The smallest absolute Gasteiger partial charge is 0.408 e. The molecule has 10 nitrogen and oxygen atoms in total. The van der Waals surface area contributed by atoms with Gasteiger partial charge in [0.15, 0.2) is 12.4 Å². The minimum Gasteiger partial charge on any atom is -0.454 e. The molecule has 0 saturated heterocycles. The Bertz CT molecular complexity index is 1480. The predicted octanol–water partition coefficient (Wildman–Crippen LogP) is 4.26. The van der Waals surface area contributed by atoms with Crippen LogP contribution in [0.1, 0.15) is 48.7 Å². The lowest BCUT2D eigenvalue weighted by Gasteiger charge is -2.25. The maximum atomic E-state index is 14.0. The van der Waals surface area contributed by atoms with Gasteiger partial charge in [-0.25, -0.2) is 18.4 Å². The van der Waals surface area contributed by atoms with E-state index in [4.69, 9.17) is 9.47 Å². The summed E-state index contributed by atoms with van der Waals surface area (Å²) in [6, 6.07) is 17.1. The molecule has 3 aromatic rings. The van der Waals surface area contributed by atoms with E-state index in [1.807, 2.05) is 19.9 Å². The Morgan fingerprint density at radius 3 is 1.83 bits per heavy atom. The molecule has 0 aliphatic carbocycles. The Morgan fingerprint density at radius 1 is 0.674 bits per heavy atom. The van der Waals surface area contributed by atoms with E-state index >= 15 is 0 Å². The molecule has 3 atom stereocenters. The van der Waals surface area contributed by atoms with Gasteiger partial charge in [-0.15, -0.1) is 0 Å². The summed E-state index contributed by atoms with van der Waals surface area (Å²) in [5.41, 5.74) is 0.492. The predicted molar refractivity (Wildman–Crippen MR) is 164 cm³/mol. The van der Waals surface area contributed by atoms with Crippen molar-refractivity contribution >= 4 is 29.7 Å². The molecule has 0 spiro atoms. The number of esters is 1. The highest BCUT2D eigenvalue weighted by atomic mass is 19.1. The van der Waals surface area contributed by atoms with Crippen LogP contribution < -0.4 is 16.0 Å². The van der Waals surface area contributed by atoms with E-state index < -0.39 is 71.6 Å². The number of ether oxygens (including phenoxy) is 2. The van der Waals surface area contributed by atoms with Gasteiger partial charge in [0.2, 0.25) is 11.8 Å². The molecule has 3 aromatic carbocycles. The minimum absolute atomic E-state index is 0.000759. The second-order valence-electron chi connectivity index (χ2n) is 11.0. The van der Waals surface area contributed by atoms with Crippen molar-refractivity contribution in [1.29, 1.82) is 0 Å². The Balaban J connectivity index is 1.67. The average Bonchev–Trinajstić information content (AvgIpc) is 3.02. The van der Waals surface area contributed by atoms with Crippen LogP contribution in [0.15, 0.2) is 78.9 Å². The first-order valence-electron chi connectivity index (χ1n) is 14.7. The van der Waals surface area contributed by atoms with E-state index in [0.29, 0.717) is 5.56 Å². The van der Waals surface area contributed by atoms with Gasteiger partial charge in [-0.1, -0.05) is 80.6 Å². The topological polar surface area (TPSA) is 140 Å². The summed E-state index contributed by atoms with van der Waals surface area (Å²) in [4.78, 5) is 64.3. The molecule has 46 heavy (non-hydrogen) atoms. The fraction of sp³-hybridized carbons (Fsp3) is 0.324. The fourth-order valence-corrected chi connectivity index (χ4v) is 4.38. The summed E-state index contributed by atoms with van der Waals surface area (Å²) in [5, 5.41) is 7.67. The number of benzene rings is 3. The number of ketones is 1. The zero-order valence-electron chi connectivity index (χ0n) is 25.8. The highest BCUT2D eigenvalue weighted by Crippen LogP contribution is 2.14. The van der Waals surface area contributed by atoms with Crippen LogP contribution in [0, 0.1) is 17.6 Å². The van der Waals surface area contributed by atoms with E-state index in [1.54, 1.807) is 54.6 Å². The summed E-state index contributed by atoms with van der Waals surface area (Å²) in [5.74, 6) is -5.82. The highest BCUT2D eigenvalue weighted by molar-refractivity contribution is 5.96. The maximum Gasteiger partial charge on any atom is 0.408 e. The Labute approximate surface area is 265 Å². The third-order valence-corrected chi connectivity index (χ3v) is 6.78. The molecular formula is C34H37F2N3O7. The largest absolute Gasteiger partial charge is 0.454 e. The van der Waals surface area contributed by atoms with E-state index in [9.17, 15) is 32.8 Å². The first kappa shape index (κ1) is 35.4. The second-order valence-corrected chi connectivity index (χ2v) is 11.0. The molecular weight excluding hydrogens is 600 g/mol. The Kier molecular flexibility index (Phi) is 13.4. The van der Waals surface area contributed by atoms with Gasteiger partial charge in [0.05, 0.1) is 6.04 Å². The van der Waals surface area contributed by atoms with E-state index in [1.165, 1.54) is 6.92 Å². The molecule has 0 unspecified atom stereocenters. The van der Waals surface area contributed by atoms with Gasteiger partial charge in [-0.05, 0) is 48.9 Å². The van der Waals surface area contributed by atoms with Gasteiger partial charge in [0.25, 0.3) is 0 Å². The number of nitrogens with one attached hydrogen (secondary N) is 3. The van der Waals surface area contributed by atoms with Crippen LogP contribution in [-0.2, 0) is 36.9 Å². The van der Waals surface area contributed by atoms with Gasteiger partial charge in [-0.2, -0.15) is 0 Å². The van der Waals surface area contributed by atoms with Gasteiger partial charge in [-0.3, -0.25) is 14.4 Å². The SMILES string of the molecule is CC(C)C[C@H](NC(=O)[C@@H](C)NC(=O)OCc1ccccc1)C(=O)N[C@@H](Cc1ccccc1)C(=O)COC(=O)c1c(F)cccc1F. The van der Waals surface area contributed by atoms with Crippen molar-refractivity contribution in [2.75, 3.05) is 6.61 Å². The fourth-order valence-electron chi connectivity index (χ4n) is 4.38. The monoisotopic (exact) mass is 637 g/mol. The van der Waals surface area contributed by atoms with Crippen molar-refractivity contribution in [2.24, 2.45) is 5.92 Å². The zero-order chi connectivity index (χ0) is 33.6. The number of hydrogen-bond donors (Lipinski definition) is 3. The molecule has 244 valence electrons. The van der Waals surface area contributed by atoms with Gasteiger partial charge < -0.3 is 25.4 Å². The lowest BCUT2D eigenvalue weighted by atomic mass is 9.99. The van der Waals surface area contributed by atoms with Crippen molar-refractivity contribution in [3.63, 3.8) is 0 Å². The molecule has 0 fully saturated rings. The first-order chi connectivity index (χ1) is 21.9. The lowest BCUT2D eigenvalue weighted by Crippen LogP contribution is -2.56. The van der Waals surface area contributed by atoms with Crippen molar-refractivity contribution in [1.82, 2.24) is 16.0 Å². The summed E-state index contributed by atoms with van der Waals surface area (Å²) in [6.07, 6.45) is -0.629. The first-order valence-corrected chi connectivity index (χ1v) is 14.7. The summed E-state index contributed by atoms with van der Waals surface area (Å²) >= 11 is 0. The normalized spacial score (nSPS) is 12.7. The molecule has 12 heteroatoms. The quantitative estimate of drug-likeness (QED) is 0.212. The highest BCUT2D eigenvalue weighted by Gasteiger charge is 2.30. The maximum absolute atomic E-state index is 14.0. The van der Waals surface area contributed by atoms with Crippen molar-refractivity contribution in [2.45, 2.75) is 58.3 Å². The van der Waals surface area contributed by atoms with Crippen LogP contribution in [0.4, 0.5) is 13.6 Å². The Morgan fingerprint density at radius 2 is 1.24 bits per heavy atom. The molecule has 3 amide bonds. The summed E-state index contributed by atoms with van der Waals surface area (Å²) < 4.78 is 38.1. The molecule has 0 radical (unpaired) electrons. The molecule has 3 rings (SSSR count). The average molecular weight is 638 g/mol. The van der Waals surface area contributed by atoms with Gasteiger partial charge in [0, 0.05) is 0 Å². The number of carbonyl (C=O) groups is 5. The second kappa shape index (κ2) is 17.4. The van der Waals surface area contributed by atoms with E-state index in [0.717, 1.165) is 23.8 Å². The number of carbonyl (C=O) groups excluding carboxylic acids is 5. The summed E-state index contributed by atoms with van der Waals surface area (Å²) in [6.45, 7) is 4.22. The van der Waals surface area contributed by atoms with Crippen LogP contribution in [0.2, 0.25) is 0 Å². The number of alkyl carbamates (subject to hydrolysis) is 1. The lowest BCUT2D eigenvalue weighted by molar-refractivity contribution is -0.133. The summed E-state index contributed by atoms with van der Waals surface area (Å²) in [7, 11) is 0. The molecule has 0 aliphatic heterocycles. The molecule has 0 heterocycles. The van der Waals surface area contributed by atoms with Gasteiger partial charge >= 0.3 is 12.1 Å². The van der Waals surface area contributed by atoms with Gasteiger partial charge in [0.1, 0.15) is 35.9 Å². The van der Waals surface area contributed by atoms with Crippen molar-refractivity contribution in [3.8, 4) is 0 Å². The minimum atomic E-state index is -1.37. The number of rotatable bonds is 15. The molecule has 0 aromatic heterocycles. The van der Waals surface area contributed by atoms with E-state index in [2.05, 4.69) is 16.0 Å². The standard InChI is InChI=1S/C34H37F2N3O7/c1-21(2)17-28(39-31(41)22(3)37-34(44)46-19-24-13-8-5-9-14-24)32(42)38-27(18-23-11-6-4-7-12-23)29(40)20-45-33(43)30-25(35)15-10-16-26(30)36/h4-16,21-22,27-28H,17-20H2,1-3H3,(H,37,44)(H,38,42)(H,39,41)/t22-,27+,28+/m1/s1. The Hall–Kier alpha value is -5.13. The van der Waals surface area contributed by atoms with Crippen LogP contribution in [0.5, 0.6) is 0 Å². The van der Waals surface area contributed by atoms with Crippen LogP contribution in [0.3, 0.4) is 0 Å². The number of amides is 3. The van der Waals surface area contributed by atoms with Crippen LogP contribution in [0.25, 0.3) is 0 Å². The third-order valence-electron chi connectivity index (χ3n) is 6.78. The van der Waals surface area contributed by atoms with Crippen molar-refractivity contribution < 1.29 is 42.2 Å². The molecule has 0 saturated carbocycles. The molecule has 0 bridgehead atoms. The van der Waals surface area contributed by atoms with Crippen molar-refractivity contribution in [3.05, 3.63) is 107 Å². The third kappa shape index (κ3) is 11.1. The van der Waals surface area contributed by atoms with Crippen LogP contribution in [-0.4, -0.2) is 54.4 Å². The number of halogens is 2. The number of Topliss-reactive ketones (excluding diaryl/α,β-unsaturated/α-hetero) is 1. The number of hydrogen-bond acceptors (Lipinski definition) is 7. The molecule has 3 N–H and O–H groups in total. The van der Waals surface area contributed by atoms with E-state index in [-0.39, 0.29) is 25.4 Å². The molecule has 0 aliphatic rings. The zero-order valence-corrected chi connectivity index (χ0v) is 25.8.